The average molecular weight is 632 g/mol. The van der Waals surface area contributed by atoms with E-state index >= 15 is 0 Å². The molecular weight excluding hydrogens is 614 g/mol. The van der Waals surface area contributed by atoms with Crippen LogP contribution in [-0.2, 0) is 6.42 Å². The van der Waals surface area contributed by atoms with E-state index < -0.39 is 0 Å². The minimum atomic E-state index is -0.00847. The summed E-state index contributed by atoms with van der Waals surface area (Å²) in [6.45, 7) is 0.622. The maximum absolute atomic E-state index is 10.1. The lowest BCUT2D eigenvalue weighted by atomic mass is 9.81. The SMILES string of the molecule is Oc1ccc2c(c1I)OC=C(c1ccc(Cl)cc1Cl)C2Cc1ccc(OCCBr)cc1. The van der Waals surface area contributed by atoms with Crippen molar-refractivity contribution in [1.29, 1.82) is 0 Å². The van der Waals surface area contributed by atoms with Gasteiger partial charge in [0.2, 0.25) is 0 Å². The Hall–Kier alpha value is -1.41. The third-order valence-electron chi connectivity index (χ3n) is 5.11. The van der Waals surface area contributed by atoms with E-state index in [0.29, 0.717) is 26.0 Å². The number of phenols is 1. The summed E-state index contributed by atoms with van der Waals surface area (Å²) in [6, 6.07) is 17.2. The predicted octanol–water partition coefficient (Wildman–Crippen LogP) is 7.84. The van der Waals surface area contributed by atoms with E-state index in [0.717, 1.165) is 39.8 Å². The van der Waals surface area contributed by atoms with Crippen molar-refractivity contribution in [3.05, 3.63) is 91.2 Å². The molecule has 160 valence electrons. The number of alkyl halides is 1. The largest absolute Gasteiger partial charge is 0.507 e. The zero-order chi connectivity index (χ0) is 22.0. The Balaban J connectivity index is 1.73. The second-order valence-electron chi connectivity index (χ2n) is 7.07. The Kier molecular flexibility index (Phi) is 7.37. The number of fused-ring (bicyclic) bond motifs is 1. The van der Waals surface area contributed by atoms with Crippen LogP contribution in [0.25, 0.3) is 5.57 Å². The van der Waals surface area contributed by atoms with Crippen LogP contribution in [0.15, 0.2) is 60.9 Å². The van der Waals surface area contributed by atoms with Gasteiger partial charge in [0, 0.05) is 38.0 Å². The first-order chi connectivity index (χ1) is 15.0. The highest BCUT2D eigenvalue weighted by Crippen LogP contribution is 2.48. The second-order valence-corrected chi connectivity index (χ2v) is 9.79. The van der Waals surface area contributed by atoms with Crippen molar-refractivity contribution in [2.75, 3.05) is 11.9 Å². The molecule has 0 saturated carbocycles. The Morgan fingerprint density at radius 2 is 1.84 bits per heavy atom. The van der Waals surface area contributed by atoms with E-state index in [4.69, 9.17) is 32.7 Å². The van der Waals surface area contributed by atoms with E-state index in [9.17, 15) is 5.11 Å². The number of hydrogen-bond acceptors (Lipinski definition) is 3. The van der Waals surface area contributed by atoms with Crippen molar-refractivity contribution < 1.29 is 14.6 Å². The van der Waals surface area contributed by atoms with Crippen LogP contribution >= 0.6 is 61.7 Å². The summed E-state index contributed by atoms with van der Waals surface area (Å²) in [4.78, 5) is 0. The topological polar surface area (TPSA) is 38.7 Å². The van der Waals surface area contributed by atoms with Crippen molar-refractivity contribution in [1.82, 2.24) is 0 Å². The van der Waals surface area contributed by atoms with Crippen LogP contribution in [0.3, 0.4) is 0 Å². The molecule has 0 amide bonds. The highest BCUT2D eigenvalue weighted by Gasteiger charge is 2.29. The Morgan fingerprint density at radius 3 is 2.55 bits per heavy atom. The first kappa shape index (κ1) is 22.8. The van der Waals surface area contributed by atoms with E-state index in [1.807, 2.05) is 30.3 Å². The molecule has 0 radical (unpaired) electrons. The van der Waals surface area contributed by atoms with Crippen LogP contribution in [0.1, 0.15) is 22.6 Å². The molecule has 31 heavy (non-hydrogen) atoms. The van der Waals surface area contributed by atoms with Gasteiger partial charge in [-0.2, -0.15) is 0 Å². The number of allylic oxidation sites excluding steroid dienone is 1. The summed E-state index contributed by atoms with van der Waals surface area (Å²) in [5.74, 6) is 1.71. The molecule has 1 N–H and O–H groups in total. The normalized spacial score (nSPS) is 15.1. The molecule has 0 saturated heterocycles. The van der Waals surface area contributed by atoms with Gasteiger partial charge in [0.1, 0.15) is 17.2 Å². The van der Waals surface area contributed by atoms with Crippen LogP contribution < -0.4 is 9.47 Å². The zero-order valence-electron chi connectivity index (χ0n) is 16.2. The molecule has 0 fully saturated rings. The minimum Gasteiger partial charge on any atom is -0.507 e. The van der Waals surface area contributed by atoms with Crippen molar-refractivity contribution in [2.24, 2.45) is 0 Å². The van der Waals surface area contributed by atoms with Gasteiger partial charge in [0.05, 0.1) is 16.4 Å². The van der Waals surface area contributed by atoms with Gasteiger partial charge in [0.15, 0.2) is 0 Å². The van der Waals surface area contributed by atoms with Crippen LogP contribution in [0.2, 0.25) is 10.0 Å². The lowest BCUT2D eigenvalue weighted by molar-refractivity contribution is 0.345. The highest BCUT2D eigenvalue weighted by atomic mass is 127. The molecule has 1 atom stereocenters. The van der Waals surface area contributed by atoms with Gasteiger partial charge in [-0.05, 0) is 64.9 Å². The van der Waals surface area contributed by atoms with Crippen molar-refractivity contribution in [3.63, 3.8) is 0 Å². The lowest BCUT2D eigenvalue weighted by Crippen LogP contribution is -2.14. The van der Waals surface area contributed by atoms with Gasteiger partial charge in [-0.1, -0.05) is 63.4 Å². The molecule has 1 heterocycles. The van der Waals surface area contributed by atoms with E-state index in [2.05, 4.69) is 50.7 Å². The summed E-state index contributed by atoms with van der Waals surface area (Å²) >= 11 is 18.1. The fraction of sp³-hybridized carbons (Fsp3) is 0.167. The van der Waals surface area contributed by atoms with Gasteiger partial charge >= 0.3 is 0 Å². The van der Waals surface area contributed by atoms with Crippen LogP contribution in [-0.4, -0.2) is 17.0 Å². The number of phenolic OH excluding ortho intramolecular Hbond substituents is 1. The standard InChI is InChI=1S/C24H18BrCl2IO3/c25-9-10-30-16-4-1-14(2-5-16)11-19-18-7-8-22(29)23(28)24(18)31-13-20(19)17-6-3-15(26)12-21(17)27/h1-8,12-13,19,29H,9-11H2. The smallest absolute Gasteiger partial charge is 0.147 e. The first-order valence-corrected chi connectivity index (χ1v) is 12.5. The van der Waals surface area contributed by atoms with Gasteiger partial charge < -0.3 is 14.6 Å². The quantitative estimate of drug-likeness (QED) is 0.223. The first-order valence-electron chi connectivity index (χ1n) is 9.59. The molecule has 1 aliphatic heterocycles. The molecule has 4 rings (SSSR count). The highest BCUT2D eigenvalue weighted by molar-refractivity contribution is 14.1. The van der Waals surface area contributed by atoms with Crippen molar-refractivity contribution >= 4 is 67.3 Å². The number of rotatable bonds is 6. The van der Waals surface area contributed by atoms with Crippen molar-refractivity contribution in [2.45, 2.75) is 12.3 Å². The summed E-state index contributed by atoms with van der Waals surface area (Å²) in [6.07, 6.45) is 2.47. The molecule has 3 nitrogen and oxygen atoms in total. The van der Waals surface area contributed by atoms with Crippen LogP contribution in [0.5, 0.6) is 17.2 Å². The van der Waals surface area contributed by atoms with Gasteiger partial charge in [0.25, 0.3) is 0 Å². The Labute approximate surface area is 213 Å². The zero-order valence-corrected chi connectivity index (χ0v) is 21.5. The lowest BCUT2D eigenvalue weighted by Gasteiger charge is -2.29. The second kappa shape index (κ2) is 10.0. The molecule has 0 bridgehead atoms. The fourth-order valence-electron chi connectivity index (χ4n) is 3.64. The fourth-order valence-corrected chi connectivity index (χ4v) is 4.93. The van der Waals surface area contributed by atoms with E-state index in [1.165, 1.54) is 0 Å². The number of hydrogen-bond donors (Lipinski definition) is 1. The summed E-state index contributed by atoms with van der Waals surface area (Å²) in [5, 5.41) is 12.1. The molecule has 0 aromatic heterocycles. The molecule has 0 spiro atoms. The van der Waals surface area contributed by atoms with E-state index in [1.54, 1.807) is 18.4 Å². The molecular formula is C24H18BrCl2IO3. The number of benzene rings is 3. The minimum absolute atomic E-state index is 0.00847. The number of aromatic hydroxyl groups is 1. The van der Waals surface area contributed by atoms with E-state index in [-0.39, 0.29) is 11.7 Å². The summed E-state index contributed by atoms with van der Waals surface area (Å²) < 4.78 is 12.3. The molecule has 1 aliphatic rings. The summed E-state index contributed by atoms with van der Waals surface area (Å²) in [7, 11) is 0. The predicted molar refractivity (Wildman–Crippen MR) is 138 cm³/mol. The maximum Gasteiger partial charge on any atom is 0.147 e. The summed E-state index contributed by atoms with van der Waals surface area (Å²) in [5.41, 5.74) is 4.01. The molecule has 0 aliphatic carbocycles. The third kappa shape index (κ3) is 5.00. The molecule has 3 aromatic carbocycles. The van der Waals surface area contributed by atoms with Gasteiger partial charge in [-0.15, -0.1) is 0 Å². The number of ether oxygens (including phenoxy) is 2. The van der Waals surface area contributed by atoms with Crippen LogP contribution in [0.4, 0.5) is 0 Å². The molecule has 3 aromatic rings. The maximum atomic E-state index is 10.1. The molecule has 1 unspecified atom stereocenters. The Bertz CT molecular complexity index is 1130. The van der Waals surface area contributed by atoms with Crippen LogP contribution in [0, 0.1) is 3.57 Å². The van der Waals surface area contributed by atoms with Crippen molar-refractivity contribution in [3.8, 4) is 17.2 Å². The number of halogens is 4. The van der Waals surface area contributed by atoms with Gasteiger partial charge in [-0.3, -0.25) is 0 Å². The average Bonchev–Trinajstić information content (AvgIpc) is 2.76. The molecule has 7 heteroatoms. The Morgan fingerprint density at radius 1 is 1.06 bits per heavy atom. The van der Waals surface area contributed by atoms with Gasteiger partial charge in [-0.25, -0.2) is 0 Å². The third-order valence-corrected chi connectivity index (χ3v) is 7.03. The monoisotopic (exact) mass is 630 g/mol.